The third-order valence-corrected chi connectivity index (χ3v) is 5.89. The van der Waals surface area contributed by atoms with Crippen LogP contribution in [0, 0.1) is 12.7 Å². The van der Waals surface area contributed by atoms with E-state index < -0.39 is 10.0 Å². The first-order valence-electron chi connectivity index (χ1n) is 7.06. The Labute approximate surface area is 143 Å². The first-order valence-corrected chi connectivity index (χ1v) is 9.42. The Morgan fingerprint density at radius 2 is 2.08 bits per heavy atom. The summed E-state index contributed by atoms with van der Waals surface area (Å²) in [5.74, 6) is -0.361. The van der Waals surface area contributed by atoms with Gasteiger partial charge in [-0.05, 0) is 19.1 Å². The Bertz CT molecular complexity index is 960. The average Bonchev–Trinajstić information content (AvgIpc) is 3.13. The van der Waals surface area contributed by atoms with Crippen LogP contribution in [0.1, 0.15) is 10.6 Å². The molecule has 0 saturated carbocycles. The number of nitrogens with zero attached hydrogens (tertiary/aromatic N) is 3. The van der Waals surface area contributed by atoms with Crippen molar-refractivity contribution >= 4 is 21.4 Å². The molecule has 0 aliphatic rings. The van der Waals surface area contributed by atoms with Crippen molar-refractivity contribution in [3.8, 4) is 11.3 Å². The maximum absolute atomic E-state index is 13.8. The first-order chi connectivity index (χ1) is 11.4. The van der Waals surface area contributed by atoms with Gasteiger partial charge in [0.2, 0.25) is 0 Å². The molecule has 0 saturated heterocycles. The number of hydrogen-bond donors (Lipinski definition) is 1. The highest BCUT2D eigenvalue weighted by molar-refractivity contribution is 7.89. The molecule has 6 nitrogen and oxygen atoms in total. The van der Waals surface area contributed by atoms with Crippen molar-refractivity contribution in [3.63, 3.8) is 0 Å². The van der Waals surface area contributed by atoms with Crippen molar-refractivity contribution in [2.24, 2.45) is 7.05 Å². The molecule has 24 heavy (non-hydrogen) atoms. The monoisotopic (exact) mass is 366 g/mol. The van der Waals surface area contributed by atoms with Gasteiger partial charge in [-0.3, -0.25) is 4.68 Å². The maximum Gasteiger partial charge on any atom is 0.258 e. The van der Waals surface area contributed by atoms with Gasteiger partial charge in [-0.2, -0.15) is 5.10 Å². The van der Waals surface area contributed by atoms with E-state index >= 15 is 0 Å². The minimum atomic E-state index is -3.70. The third kappa shape index (κ3) is 3.23. The SMILES string of the molecule is Cc1cnn(C)c1S(=O)(=O)NCc1nc(-c2ccccc2F)cs1. The molecular weight excluding hydrogens is 351 g/mol. The smallest absolute Gasteiger partial charge is 0.256 e. The summed E-state index contributed by atoms with van der Waals surface area (Å²) in [5, 5.41) is 6.31. The summed E-state index contributed by atoms with van der Waals surface area (Å²) in [6.45, 7) is 1.72. The Morgan fingerprint density at radius 3 is 2.75 bits per heavy atom. The molecule has 0 aliphatic carbocycles. The van der Waals surface area contributed by atoms with Crippen molar-refractivity contribution < 1.29 is 12.8 Å². The molecule has 0 unspecified atom stereocenters. The number of rotatable bonds is 5. The molecular formula is C15H15FN4O2S2. The highest BCUT2D eigenvalue weighted by Gasteiger charge is 2.21. The van der Waals surface area contributed by atoms with Gasteiger partial charge >= 0.3 is 0 Å². The number of thiazole rings is 1. The fourth-order valence-corrected chi connectivity index (χ4v) is 4.49. The quantitative estimate of drug-likeness (QED) is 0.753. The fraction of sp³-hybridized carbons (Fsp3) is 0.200. The van der Waals surface area contributed by atoms with Gasteiger partial charge in [-0.15, -0.1) is 11.3 Å². The number of aromatic nitrogens is 3. The number of sulfonamides is 1. The Balaban J connectivity index is 1.78. The van der Waals surface area contributed by atoms with E-state index in [0.29, 0.717) is 21.8 Å². The lowest BCUT2D eigenvalue weighted by molar-refractivity contribution is 0.561. The van der Waals surface area contributed by atoms with Gasteiger partial charge < -0.3 is 0 Å². The van der Waals surface area contributed by atoms with E-state index in [1.807, 2.05) is 0 Å². The number of nitrogens with one attached hydrogen (secondary N) is 1. The third-order valence-electron chi connectivity index (χ3n) is 3.43. The Kier molecular flexibility index (Phi) is 4.48. The van der Waals surface area contributed by atoms with E-state index in [1.165, 1.54) is 28.3 Å². The van der Waals surface area contributed by atoms with Crippen LogP contribution in [-0.4, -0.2) is 23.2 Å². The van der Waals surface area contributed by atoms with Gasteiger partial charge in [0.1, 0.15) is 10.8 Å². The number of benzene rings is 1. The van der Waals surface area contributed by atoms with Crippen LogP contribution >= 0.6 is 11.3 Å². The largest absolute Gasteiger partial charge is 0.258 e. The topological polar surface area (TPSA) is 76.9 Å². The van der Waals surface area contributed by atoms with E-state index in [-0.39, 0.29) is 17.4 Å². The van der Waals surface area contributed by atoms with Gasteiger partial charge in [-0.1, -0.05) is 12.1 Å². The molecule has 0 spiro atoms. The van der Waals surface area contributed by atoms with Crippen molar-refractivity contribution in [1.82, 2.24) is 19.5 Å². The molecule has 0 fully saturated rings. The van der Waals surface area contributed by atoms with Crippen LogP contribution in [0.15, 0.2) is 40.9 Å². The molecule has 1 N–H and O–H groups in total. The van der Waals surface area contributed by atoms with Crippen molar-refractivity contribution in [2.45, 2.75) is 18.5 Å². The number of aryl methyl sites for hydroxylation is 2. The molecule has 0 bridgehead atoms. The van der Waals surface area contributed by atoms with Crippen LogP contribution in [0.3, 0.4) is 0 Å². The lowest BCUT2D eigenvalue weighted by Gasteiger charge is -2.06. The second-order valence-electron chi connectivity index (χ2n) is 5.19. The first kappa shape index (κ1) is 16.7. The van der Waals surface area contributed by atoms with E-state index in [4.69, 9.17) is 0 Å². The van der Waals surface area contributed by atoms with Gasteiger partial charge in [0.05, 0.1) is 18.4 Å². The van der Waals surface area contributed by atoms with E-state index in [0.717, 1.165) is 0 Å². The van der Waals surface area contributed by atoms with Crippen molar-refractivity contribution in [2.75, 3.05) is 0 Å². The minimum absolute atomic E-state index is 0.0338. The molecule has 2 heterocycles. The summed E-state index contributed by atoms with van der Waals surface area (Å²) >= 11 is 1.27. The van der Waals surface area contributed by atoms with E-state index in [2.05, 4.69) is 14.8 Å². The molecule has 9 heteroatoms. The van der Waals surface area contributed by atoms with Crippen LogP contribution in [0.5, 0.6) is 0 Å². The predicted octanol–water partition coefficient (Wildman–Crippen LogP) is 2.47. The van der Waals surface area contributed by atoms with Gasteiger partial charge in [0.15, 0.2) is 5.03 Å². The van der Waals surface area contributed by atoms with Gasteiger partial charge in [0.25, 0.3) is 10.0 Å². The lowest BCUT2D eigenvalue weighted by atomic mass is 10.2. The fourth-order valence-electron chi connectivity index (χ4n) is 2.33. The highest BCUT2D eigenvalue weighted by atomic mass is 32.2. The second kappa shape index (κ2) is 6.42. The molecule has 0 radical (unpaired) electrons. The zero-order chi connectivity index (χ0) is 17.3. The second-order valence-corrected chi connectivity index (χ2v) is 7.81. The van der Waals surface area contributed by atoms with Crippen LogP contribution < -0.4 is 4.72 Å². The molecule has 1 aromatic carbocycles. The number of halogens is 1. The average molecular weight is 366 g/mol. The summed E-state index contributed by atoms with van der Waals surface area (Å²) in [6, 6.07) is 6.33. The molecule has 3 aromatic rings. The number of hydrogen-bond acceptors (Lipinski definition) is 5. The van der Waals surface area contributed by atoms with Crippen LogP contribution in [-0.2, 0) is 23.6 Å². The van der Waals surface area contributed by atoms with Crippen LogP contribution in [0.2, 0.25) is 0 Å². The molecule has 0 atom stereocenters. The molecule has 126 valence electrons. The molecule has 0 aliphatic heterocycles. The van der Waals surface area contributed by atoms with E-state index in [9.17, 15) is 12.8 Å². The summed E-state index contributed by atoms with van der Waals surface area (Å²) in [7, 11) is -2.13. The molecule has 3 rings (SSSR count). The summed E-state index contributed by atoms with van der Waals surface area (Å²) in [6.07, 6.45) is 1.49. The van der Waals surface area contributed by atoms with Crippen LogP contribution in [0.25, 0.3) is 11.3 Å². The molecule has 0 amide bonds. The van der Waals surface area contributed by atoms with Crippen molar-refractivity contribution in [1.29, 1.82) is 0 Å². The normalized spacial score (nSPS) is 11.8. The van der Waals surface area contributed by atoms with Gasteiger partial charge in [0, 0.05) is 23.6 Å². The van der Waals surface area contributed by atoms with Crippen LogP contribution in [0.4, 0.5) is 4.39 Å². The zero-order valence-corrected chi connectivity index (χ0v) is 14.7. The highest BCUT2D eigenvalue weighted by Crippen LogP contribution is 2.24. The van der Waals surface area contributed by atoms with Gasteiger partial charge in [-0.25, -0.2) is 22.5 Å². The predicted molar refractivity (Wildman–Crippen MR) is 89.5 cm³/mol. The maximum atomic E-state index is 13.8. The summed E-state index contributed by atoms with van der Waals surface area (Å²) < 4.78 is 42.4. The minimum Gasteiger partial charge on any atom is -0.256 e. The van der Waals surface area contributed by atoms with E-state index in [1.54, 1.807) is 37.6 Å². The summed E-state index contributed by atoms with van der Waals surface area (Å²) in [4.78, 5) is 4.30. The summed E-state index contributed by atoms with van der Waals surface area (Å²) in [5.41, 5.74) is 1.45. The van der Waals surface area contributed by atoms with Crippen molar-refractivity contribution in [3.05, 3.63) is 52.2 Å². The molecule has 2 aromatic heterocycles. The Morgan fingerprint density at radius 1 is 1.33 bits per heavy atom. The Hall–Kier alpha value is -2.10. The standard InChI is InChI=1S/C15H15FN4O2S2/c1-10-7-17-20(2)15(10)24(21,22)18-8-14-19-13(9-23-14)11-5-3-4-6-12(11)16/h3-7,9,18H,8H2,1-2H3. The lowest BCUT2D eigenvalue weighted by Crippen LogP contribution is -2.26. The zero-order valence-electron chi connectivity index (χ0n) is 13.0.